The highest BCUT2D eigenvalue weighted by Gasteiger charge is 2.27. The summed E-state index contributed by atoms with van der Waals surface area (Å²) in [5.74, 6) is 0.465. The van der Waals surface area contributed by atoms with Crippen molar-refractivity contribution in [3.63, 3.8) is 0 Å². The van der Waals surface area contributed by atoms with Crippen LogP contribution in [0.5, 0.6) is 5.75 Å². The highest BCUT2D eigenvalue weighted by Crippen LogP contribution is 2.36. The third kappa shape index (κ3) is 3.07. The number of amides is 1. The number of carbonyl (C=O) groups is 1. The summed E-state index contributed by atoms with van der Waals surface area (Å²) < 4.78 is 5.74. The summed E-state index contributed by atoms with van der Waals surface area (Å²) in [4.78, 5) is 12.7. The van der Waals surface area contributed by atoms with Gasteiger partial charge < -0.3 is 15.2 Å². The first-order valence-corrected chi connectivity index (χ1v) is 8.51. The molecule has 6 heteroatoms. The van der Waals surface area contributed by atoms with Crippen LogP contribution < -0.4 is 10.1 Å². The minimum Gasteiger partial charge on any atom is -0.488 e. The highest BCUT2D eigenvalue weighted by atomic mass is 16.5. The van der Waals surface area contributed by atoms with Crippen molar-refractivity contribution >= 4 is 5.91 Å². The predicted molar refractivity (Wildman–Crippen MR) is 96.8 cm³/mol. The molecule has 1 aromatic heterocycles. The van der Waals surface area contributed by atoms with Crippen molar-refractivity contribution < 1.29 is 14.6 Å². The monoisotopic (exact) mass is 349 g/mol. The molecule has 0 bridgehead atoms. The summed E-state index contributed by atoms with van der Waals surface area (Å²) in [6.07, 6.45) is 0.554. The SMILES string of the molecule is O=C(NC(CO)Cc1ccccc1)c1[nH]nc2c1COc1ccccc1-2. The summed E-state index contributed by atoms with van der Waals surface area (Å²) in [5, 5.41) is 19.6. The Balaban J connectivity index is 1.54. The van der Waals surface area contributed by atoms with E-state index in [1.54, 1.807) is 0 Å². The van der Waals surface area contributed by atoms with Crippen LogP contribution in [-0.2, 0) is 13.0 Å². The first-order valence-electron chi connectivity index (χ1n) is 8.51. The van der Waals surface area contributed by atoms with E-state index in [2.05, 4.69) is 15.5 Å². The lowest BCUT2D eigenvalue weighted by Gasteiger charge is -2.19. The Morgan fingerprint density at radius 3 is 2.77 bits per heavy atom. The second kappa shape index (κ2) is 7.01. The Hall–Kier alpha value is -3.12. The number of nitrogens with one attached hydrogen (secondary N) is 2. The summed E-state index contributed by atoms with van der Waals surface area (Å²) >= 11 is 0. The minimum absolute atomic E-state index is 0.143. The molecule has 0 spiro atoms. The van der Waals surface area contributed by atoms with E-state index in [4.69, 9.17) is 4.74 Å². The topological polar surface area (TPSA) is 87.2 Å². The fraction of sp³-hybridized carbons (Fsp3) is 0.200. The second-order valence-corrected chi connectivity index (χ2v) is 6.25. The van der Waals surface area contributed by atoms with Crippen molar-refractivity contribution in [2.45, 2.75) is 19.1 Å². The number of aromatic amines is 1. The number of nitrogens with zero attached hydrogens (tertiary/aromatic N) is 1. The molecule has 3 N–H and O–H groups in total. The zero-order valence-electron chi connectivity index (χ0n) is 14.1. The van der Waals surface area contributed by atoms with E-state index in [1.807, 2.05) is 54.6 Å². The number of rotatable bonds is 5. The summed E-state index contributed by atoms with van der Waals surface area (Å²) in [7, 11) is 0. The second-order valence-electron chi connectivity index (χ2n) is 6.25. The number of H-pyrrole nitrogens is 1. The molecule has 26 heavy (non-hydrogen) atoms. The number of para-hydroxylation sites is 1. The zero-order chi connectivity index (χ0) is 17.9. The largest absolute Gasteiger partial charge is 0.488 e. The average molecular weight is 349 g/mol. The number of fused-ring (bicyclic) bond motifs is 3. The van der Waals surface area contributed by atoms with Crippen LogP contribution in [0, 0.1) is 0 Å². The van der Waals surface area contributed by atoms with Crippen molar-refractivity contribution in [2.24, 2.45) is 0 Å². The Kier molecular flexibility index (Phi) is 4.41. The third-order valence-electron chi connectivity index (χ3n) is 4.49. The molecule has 0 aliphatic carbocycles. The summed E-state index contributed by atoms with van der Waals surface area (Å²) in [6.45, 7) is 0.143. The number of hydrogen-bond acceptors (Lipinski definition) is 4. The van der Waals surface area contributed by atoms with Gasteiger partial charge in [-0.25, -0.2) is 0 Å². The number of aliphatic hydroxyl groups is 1. The van der Waals surface area contributed by atoms with Crippen molar-refractivity contribution in [3.8, 4) is 17.0 Å². The summed E-state index contributed by atoms with van der Waals surface area (Å²) in [6, 6.07) is 17.0. The molecule has 0 saturated heterocycles. The van der Waals surface area contributed by atoms with E-state index in [0.717, 1.165) is 28.1 Å². The molecule has 0 saturated carbocycles. The van der Waals surface area contributed by atoms with Crippen LogP contribution in [0.1, 0.15) is 21.6 Å². The van der Waals surface area contributed by atoms with Gasteiger partial charge in [-0.1, -0.05) is 42.5 Å². The van der Waals surface area contributed by atoms with Crippen LogP contribution in [-0.4, -0.2) is 33.9 Å². The van der Waals surface area contributed by atoms with Gasteiger partial charge in [0.15, 0.2) is 0 Å². The maximum Gasteiger partial charge on any atom is 0.270 e. The maximum atomic E-state index is 12.7. The van der Waals surface area contributed by atoms with Gasteiger partial charge in [0.1, 0.15) is 23.7 Å². The van der Waals surface area contributed by atoms with Crippen LogP contribution in [0.25, 0.3) is 11.3 Å². The molecule has 0 radical (unpaired) electrons. The highest BCUT2D eigenvalue weighted by molar-refractivity contribution is 5.96. The number of ether oxygens (including phenoxy) is 1. The number of aliphatic hydroxyl groups excluding tert-OH is 1. The molecule has 132 valence electrons. The van der Waals surface area contributed by atoms with E-state index in [0.29, 0.717) is 12.1 Å². The predicted octanol–water partition coefficient (Wildman–Crippen LogP) is 2.30. The van der Waals surface area contributed by atoms with Crippen molar-refractivity contribution in [1.29, 1.82) is 0 Å². The van der Waals surface area contributed by atoms with Gasteiger partial charge in [0.2, 0.25) is 0 Å². The van der Waals surface area contributed by atoms with E-state index >= 15 is 0 Å². The Labute approximate surface area is 150 Å². The Morgan fingerprint density at radius 1 is 1.19 bits per heavy atom. The van der Waals surface area contributed by atoms with Gasteiger partial charge in [0.25, 0.3) is 5.91 Å². The quantitative estimate of drug-likeness (QED) is 0.660. The molecule has 1 atom stereocenters. The van der Waals surface area contributed by atoms with Crippen LogP contribution in [0.15, 0.2) is 54.6 Å². The van der Waals surface area contributed by atoms with Gasteiger partial charge in [0, 0.05) is 11.1 Å². The van der Waals surface area contributed by atoms with E-state index in [-0.39, 0.29) is 25.2 Å². The van der Waals surface area contributed by atoms with Gasteiger partial charge >= 0.3 is 0 Å². The molecular formula is C20H19N3O3. The fourth-order valence-corrected chi connectivity index (χ4v) is 3.17. The van der Waals surface area contributed by atoms with E-state index < -0.39 is 0 Å². The zero-order valence-corrected chi connectivity index (χ0v) is 14.1. The average Bonchev–Trinajstić information content (AvgIpc) is 3.13. The molecule has 1 aliphatic heterocycles. The number of carbonyl (C=O) groups excluding carboxylic acids is 1. The molecule has 1 aliphatic rings. The molecule has 1 amide bonds. The molecule has 3 aromatic rings. The lowest BCUT2D eigenvalue weighted by Crippen LogP contribution is -2.39. The molecule has 4 rings (SSSR count). The third-order valence-corrected chi connectivity index (χ3v) is 4.49. The lowest BCUT2D eigenvalue weighted by atomic mass is 10.0. The Morgan fingerprint density at radius 2 is 1.96 bits per heavy atom. The molecule has 6 nitrogen and oxygen atoms in total. The van der Waals surface area contributed by atoms with Crippen LogP contribution in [0.2, 0.25) is 0 Å². The molecule has 2 aromatic carbocycles. The van der Waals surface area contributed by atoms with Gasteiger partial charge in [-0.15, -0.1) is 0 Å². The number of aromatic nitrogens is 2. The lowest BCUT2D eigenvalue weighted by molar-refractivity contribution is 0.0909. The van der Waals surface area contributed by atoms with Crippen molar-refractivity contribution in [3.05, 3.63) is 71.4 Å². The van der Waals surface area contributed by atoms with Crippen molar-refractivity contribution in [1.82, 2.24) is 15.5 Å². The molecule has 1 unspecified atom stereocenters. The summed E-state index contributed by atoms with van der Waals surface area (Å²) in [5.41, 5.74) is 3.77. The fourth-order valence-electron chi connectivity index (χ4n) is 3.17. The molecule has 0 fully saturated rings. The van der Waals surface area contributed by atoms with E-state index in [9.17, 15) is 9.90 Å². The van der Waals surface area contributed by atoms with Crippen LogP contribution in [0.3, 0.4) is 0 Å². The van der Waals surface area contributed by atoms with Gasteiger partial charge in [-0.05, 0) is 24.1 Å². The number of hydrogen-bond donors (Lipinski definition) is 3. The molecular weight excluding hydrogens is 330 g/mol. The smallest absolute Gasteiger partial charge is 0.270 e. The normalized spacial score (nSPS) is 13.3. The van der Waals surface area contributed by atoms with Gasteiger partial charge in [0.05, 0.1) is 12.6 Å². The first kappa shape index (κ1) is 16.4. The Bertz CT molecular complexity index is 921. The maximum absolute atomic E-state index is 12.7. The standard InChI is InChI=1S/C20H19N3O3/c24-11-14(10-13-6-2-1-3-7-13)21-20(25)19-16-12-26-17-9-5-4-8-15(17)18(16)22-23-19/h1-9,14,24H,10-12H2,(H,21,25)(H,22,23). The van der Waals surface area contributed by atoms with Crippen LogP contribution in [0.4, 0.5) is 0 Å². The molecule has 2 heterocycles. The van der Waals surface area contributed by atoms with Gasteiger partial charge in [-0.2, -0.15) is 5.10 Å². The number of benzene rings is 2. The van der Waals surface area contributed by atoms with Crippen LogP contribution >= 0.6 is 0 Å². The van der Waals surface area contributed by atoms with Crippen molar-refractivity contribution in [2.75, 3.05) is 6.61 Å². The first-order chi connectivity index (χ1) is 12.8. The van der Waals surface area contributed by atoms with Gasteiger partial charge in [-0.3, -0.25) is 9.89 Å². The minimum atomic E-state index is -0.374. The van der Waals surface area contributed by atoms with E-state index in [1.165, 1.54) is 0 Å².